The van der Waals surface area contributed by atoms with Crippen molar-refractivity contribution in [1.82, 2.24) is 0 Å². The highest BCUT2D eigenvalue weighted by Gasteiger charge is 2.33. The number of nitro groups is 1. The van der Waals surface area contributed by atoms with Gasteiger partial charge in [0.1, 0.15) is 0 Å². The second-order valence-electron chi connectivity index (χ2n) is 7.46. The molecule has 0 spiro atoms. The summed E-state index contributed by atoms with van der Waals surface area (Å²) in [5.74, 6) is -0.285. The monoisotopic (exact) mass is 506 g/mol. The van der Waals surface area contributed by atoms with Gasteiger partial charge in [0, 0.05) is 12.1 Å². The lowest BCUT2D eigenvalue weighted by Gasteiger charge is -2.14. The molecular formula is C25H18N2O6S2. The Balaban J connectivity index is 1.55. The van der Waals surface area contributed by atoms with Crippen LogP contribution in [0.4, 0.5) is 11.4 Å². The van der Waals surface area contributed by atoms with E-state index in [1.54, 1.807) is 42.5 Å². The number of carbonyl (C=O) groups excluding carboxylic acids is 2. The third-order valence-corrected chi connectivity index (χ3v) is 6.36. The summed E-state index contributed by atoms with van der Waals surface area (Å²) in [6, 6.07) is 17.6. The smallest absolute Gasteiger partial charge is 0.343 e. The normalized spacial score (nSPS) is 14.3. The van der Waals surface area contributed by atoms with E-state index in [0.717, 1.165) is 17.3 Å². The number of anilines is 1. The Labute approximate surface area is 210 Å². The molecule has 0 bridgehead atoms. The summed E-state index contributed by atoms with van der Waals surface area (Å²) in [5.41, 5.74) is 2.36. The summed E-state index contributed by atoms with van der Waals surface area (Å²) < 4.78 is 11.2. The van der Waals surface area contributed by atoms with Gasteiger partial charge >= 0.3 is 5.97 Å². The fourth-order valence-electron chi connectivity index (χ4n) is 3.35. The van der Waals surface area contributed by atoms with Gasteiger partial charge in [-0.05, 0) is 55.0 Å². The molecule has 4 rings (SSSR count). The van der Waals surface area contributed by atoms with Crippen molar-refractivity contribution < 1.29 is 24.0 Å². The maximum atomic E-state index is 13.0. The number of nitro benzene ring substituents is 1. The van der Waals surface area contributed by atoms with E-state index in [4.69, 9.17) is 21.7 Å². The largest absolute Gasteiger partial charge is 0.493 e. The molecule has 0 unspecified atom stereocenters. The van der Waals surface area contributed by atoms with Crippen LogP contribution in [0.3, 0.4) is 0 Å². The summed E-state index contributed by atoms with van der Waals surface area (Å²) >= 11 is 6.48. The Kier molecular flexibility index (Phi) is 6.94. The molecule has 3 aromatic carbocycles. The first-order chi connectivity index (χ1) is 16.8. The molecule has 1 fully saturated rings. The quantitative estimate of drug-likeness (QED) is 0.107. The highest BCUT2D eigenvalue weighted by molar-refractivity contribution is 8.27. The summed E-state index contributed by atoms with van der Waals surface area (Å²) in [4.78, 5) is 37.6. The number of thiocarbonyl (C=S) groups is 1. The number of benzene rings is 3. The van der Waals surface area contributed by atoms with Crippen LogP contribution in [-0.2, 0) is 4.79 Å². The van der Waals surface area contributed by atoms with Crippen LogP contribution in [0, 0.1) is 17.0 Å². The molecule has 1 saturated heterocycles. The van der Waals surface area contributed by atoms with Crippen molar-refractivity contribution in [3.63, 3.8) is 0 Å². The molecule has 0 aromatic heterocycles. The average Bonchev–Trinajstić information content (AvgIpc) is 3.12. The van der Waals surface area contributed by atoms with Gasteiger partial charge in [-0.15, -0.1) is 0 Å². The molecule has 1 heterocycles. The predicted molar refractivity (Wildman–Crippen MR) is 138 cm³/mol. The maximum Gasteiger partial charge on any atom is 0.343 e. The number of rotatable bonds is 6. The second kappa shape index (κ2) is 10.1. The Bertz CT molecular complexity index is 1380. The number of non-ortho nitro benzene ring substituents is 1. The molecule has 1 aliphatic rings. The van der Waals surface area contributed by atoms with Crippen LogP contribution in [0.15, 0.2) is 71.6 Å². The van der Waals surface area contributed by atoms with E-state index in [1.165, 1.54) is 36.3 Å². The van der Waals surface area contributed by atoms with Crippen molar-refractivity contribution in [2.75, 3.05) is 12.0 Å². The highest BCUT2D eigenvalue weighted by atomic mass is 32.2. The minimum atomic E-state index is -0.511. The number of nitrogens with zero attached hydrogens (tertiary/aromatic N) is 2. The van der Waals surface area contributed by atoms with Crippen LogP contribution in [0.2, 0.25) is 0 Å². The number of hydrogen-bond donors (Lipinski definition) is 0. The second-order valence-corrected chi connectivity index (χ2v) is 9.14. The minimum Gasteiger partial charge on any atom is -0.493 e. The number of aryl methyl sites for hydroxylation is 1. The van der Waals surface area contributed by atoms with Crippen molar-refractivity contribution >= 4 is 57.6 Å². The van der Waals surface area contributed by atoms with E-state index in [0.29, 0.717) is 31.8 Å². The lowest BCUT2D eigenvalue weighted by atomic mass is 10.1. The molecule has 0 radical (unpaired) electrons. The topological polar surface area (TPSA) is 99.0 Å². The van der Waals surface area contributed by atoms with Crippen molar-refractivity contribution in [2.45, 2.75) is 6.92 Å². The van der Waals surface area contributed by atoms with Crippen LogP contribution in [0.5, 0.6) is 11.5 Å². The molecule has 1 aliphatic heterocycles. The van der Waals surface area contributed by atoms with Crippen molar-refractivity contribution in [3.8, 4) is 11.5 Å². The van der Waals surface area contributed by atoms with Gasteiger partial charge in [0.2, 0.25) is 0 Å². The molecule has 0 saturated carbocycles. The van der Waals surface area contributed by atoms with E-state index < -0.39 is 10.9 Å². The van der Waals surface area contributed by atoms with Gasteiger partial charge in [0.15, 0.2) is 15.8 Å². The molecule has 1 amide bonds. The van der Waals surface area contributed by atoms with Crippen molar-refractivity contribution in [2.24, 2.45) is 0 Å². The fourth-order valence-corrected chi connectivity index (χ4v) is 4.65. The summed E-state index contributed by atoms with van der Waals surface area (Å²) in [5, 5.41) is 10.9. The number of carbonyl (C=O) groups is 2. The molecular weight excluding hydrogens is 488 g/mol. The number of methoxy groups -OCH3 is 1. The minimum absolute atomic E-state index is 0.0787. The van der Waals surface area contributed by atoms with Crippen LogP contribution >= 0.6 is 24.0 Å². The zero-order chi connectivity index (χ0) is 25.1. The molecule has 35 heavy (non-hydrogen) atoms. The Morgan fingerprint density at radius 3 is 2.49 bits per heavy atom. The highest BCUT2D eigenvalue weighted by Crippen LogP contribution is 2.37. The van der Waals surface area contributed by atoms with Crippen LogP contribution in [0.25, 0.3) is 6.08 Å². The van der Waals surface area contributed by atoms with Crippen molar-refractivity contribution in [3.05, 3.63) is 98.4 Å². The third kappa shape index (κ3) is 5.23. The first kappa shape index (κ1) is 24.1. The first-order valence-corrected chi connectivity index (χ1v) is 11.5. The van der Waals surface area contributed by atoms with Crippen LogP contribution in [0.1, 0.15) is 21.5 Å². The van der Waals surface area contributed by atoms with Gasteiger partial charge in [0.25, 0.3) is 11.6 Å². The Morgan fingerprint density at radius 1 is 1.09 bits per heavy atom. The molecule has 10 heteroatoms. The first-order valence-electron chi connectivity index (χ1n) is 10.3. The lowest BCUT2D eigenvalue weighted by Crippen LogP contribution is -2.27. The summed E-state index contributed by atoms with van der Waals surface area (Å²) in [6.07, 6.45) is 1.65. The molecule has 0 aliphatic carbocycles. The van der Waals surface area contributed by atoms with Gasteiger partial charge in [-0.1, -0.05) is 47.7 Å². The zero-order valence-electron chi connectivity index (χ0n) is 18.6. The Hall–Kier alpha value is -4.02. The van der Waals surface area contributed by atoms with Gasteiger partial charge in [-0.3, -0.25) is 19.8 Å². The summed E-state index contributed by atoms with van der Waals surface area (Å²) in [7, 11) is 1.46. The van der Waals surface area contributed by atoms with Gasteiger partial charge in [-0.2, -0.15) is 0 Å². The number of thioether (sulfide) groups is 1. The van der Waals surface area contributed by atoms with E-state index >= 15 is 0 Å². The van der Waals surface area contributed by atoms with Gasteiger partial charge < -0.3 is 9.47 Å². The molecule has 8 nitrogen and oxygen atoms in total. The molecule has 0 atom stereocenters. The molecule has 3 aromatic rings. The molecule has 176 valence electrons. The zero-order valence-corrected chi connectivity index (χ0v) is 20.2. The SMILES string of the molecule is COc1cc(/C=C2/SC(=S)N(c3ccc([N+](=O)[O-])cc3)C2=O)ccc1OC(=O)c1cccc(C)c1. The average molecular weight is 507 g/mol. The number of hydrogen-bond acceptors (Lipinski definition) is 8. The Morgan fingerprint density at radius 2 is 1.83 bits per heavy atom. The van der Waals surface area contributed by atoms with E-state index in [9.17, 15) is 19.7 Å². The standard InChI is InChI=1S/C25H18N2O6S2/c1-15-4-3-5-17(12-15)24(29)33-20-11-6-16(13-21(20)32-2)14-22-23(28)26(25(34)35-22)18-7-9-19(10-8-18)27(30)31/h3-14H,1-2H3/b22-14+. The lowest BCUT2D eigenvalue weighted by molar-refractivity contribution is -0.384. The van der Waals surface area contributed by atoms with Gasteiger partial charge in [0.05, 0.1) is 28.2 Å². The number of ether oxygens (including phenoxy) is 2. The maximum absolute atomic E-state index is 13.0. The number of amides is 1. The predicted octanol–water partition coefficient (Wildman–Crippen LogP) is 5.54. The van der Waals surface area contributed by atoms with E-state index in [-0.39, 0.29) is 17.3 Å². The number of esters is 1. The third-order valence-electron chi connectivity index (χ3n) is 5.05. The van der Waals surface area contributed by atoms with Crippen LogP contribution < -0.4 is 14.4 Å². The van der Waals surface area contributed by atoms with Crippen LogP contribution in [-0.4, -0.2) is 28.2 Å². The van der Waals surface area contributed by atoms with Crippen molar-refractivity contribution in [1.29, 1.82) is 0 Å². The summed E-state index contributed by atoms with van der Waals surface area (Å²) in [6.45, 7) is 1.89. The fraction of sp³-hybridized carbons (Fsp3) is 0.0800. The van der Waals surface area contributed by atoms with E-state index in [2.05, 4.69) is 0 Å². The van der Waals surface area contributed by atoms with E-state index in [1.807, 2.05) is 13.0 Å². The molecule has 0 N–H and O–H groups in total. The van der Waals surface area contributed by atoms with Gasteiger partial charge in [-0.25, -0.2) is 4.79 Å².